The minimum Gasteiger partial charge on any atom is -0.354 e. The molecule has 0 radical (unpaired) electrons. The smallest absolute Gasteiger partial charge is 0.240 e. The van der Waals surface area contributed by atoms with Gasteiger partial charge in [-0.25, -0.2) is 0 Å². The molecular weight excluding hydrogens is 200 g/mol. The van der Waals surface area contributed by atoms with Crippen molar-refractivity contribution in [2.45, 2.75) is 51.5 Å². The average Bonchev–Trinajstić information content (AvgIpc) is 2.23. The Balaban J connectivity index is 2.39. The van der Waals surface area contributed by atoms with Gasteiger partial charge in [-0.05, 0) is 32.1 Å². The number of carbonyl (C=O) groups is 1. The summed E-state index contributed by atoms with van der Waals surface area (Å²) >= 11 is 0. The van der Waals surface area contributed by atoms with E-state index in [1.54, 1.807) is 0 Å². The second kappa shape index (κ2) is 6.04. The molecule has 0 aromatic carbocycles. The van der Waals surface area contributed by atoms with Crippen LogP contribution in [-0.2, 0) is 4.79 Å². The molecule has 1 aliphatic rings. The maximum atomic E-state index is 12.0. The van der Waals surface area contributed by atoms with Gasteiger partial charge in [-0.15, -0.1) is 0 Å². The SMILES string of the molecule is C/C=C/CCNC(=O)C1(N)CCCC(C)C1. The van der Waals surface area contributed by atoms with Crippen molar-refractivity contribution in [3.05, 3.63) is 12.2 Å². The maximum Gasteiger partial charge on any atom is 0.240 e. The Labute approximate surface area is 98.5 Å². The van der Waals surface area contributed by atoms with Gasteiger partial charge in [0.05, 0.1) is 5.54 Å². The Morgan fingerprint density at radius 3 is 3.00 bits per heavy atom. The molecule has 0 heterocycles. The molecule has 0 aliphatic heterocycles. The van der Waals surface area contributed by atoms with Crippen LogP contribution in [0.3, 0.4) is 0 Å². The number of carbonyl (C=O) groups excluding carboxylic acids is 1. The van der Waals surface area contributed by atoms with Crippen molar-refractivity contribution in [1.82, 2.24) is 5.32 Å². The van der Waals surface area contributed by atoms with E-state index in [9.17, 15) is 4.79 Å². The van der Waals surface area contributed by atoms with E-state index in [0.29, 0.717) is 12.5 Å². The molecule has 1 amide bonds. The number of rotatable bonds is 4. The third-order valence-corrected chi connectivity index (χ3v) is 3.32. The minimum absolute atomic E-state index is 0.0311. The van der Waals surface area contributed by atoms with Crippen molar-refractivity contribution >= 4 is 5.91 Å². The Bertz CT molecular complexity index is 263. The molecule has 3 N–H and O–H groups in total. The van der Waals surface area contributed by atoms with Crippen molar-refractivity contribution in [2.75, 3.05) is 6.54 Å². The van der Waals surface area contributed by atoms with E-state index in [-0.39, 0.29) is 5.91 Å². The van der Waals surface area contributed by atoms with Crippen LogP contribution in [0.4, 0.5) is 0 Å². The van der Waals surface area contributed by atoms with E-state index in [2.05, 4.69) is 12.2 Å². The second-order valence-corrected chi connectivity index (χ2v) is 4.97. The fraction of sp³-hybridized carbons (Fsp3) is 0.769. The molecule has 16 heavy (non-hydrogen) atoms. The summed E-state index contributed by atoms with van der Waals surface area (Å²) in [7, 11) is 0. The number of nitrogens with two attached hydrogens (primary N) is 1. The molecule has 0 spiro atoms. The van der Waals surface area contributed by atoms with Crippen molar-refractivity contribution in [3.63, 3.8) is 0 Å². The lowest BCUT2D eigenvalue weighted by molar-refractivity contribution is -0.128. The summed E-state index contributed by atoms with van der Waals surface area (Å²) < 4.78 is 0. The van der Waals surface area contributed by atoms with Gasteiger partial charge in [-0.1, -0.05) is 31.9 Å². The Morgan fingerprint density at radius 1 is 1.62 bits per heavy atom. The molecule has 92 valence electrons. The first kappa shape index (κ1) is 13.2. The largest absolute Gasteiger partial charge is 0.354 e. The van der Waals surface area contributed by atoms with E-state index in [1.165, 1.54) is 6.42 Å². The number of amides is 1. The molecule has 0 saturated heterocycles. The third kappa shape index (κ3) is 3.63. The monoisotopic (exact) mass is 224 g/mol. The lowest BCUT2D eigenvalue weighted by Gasteiger charge is -2.35. The lowest BCUT2D eigenvalue weighted by Crippen LogP contribution is -2.56. The Hall–Kier alpha value is -0.830. The molecule has 1 fully saturated rings. The van der Waals surface area contributed by atoms with Gasteiger partial charge in [0.25, 0.3) is 0 Å². The zero-order valence-electron chi connectivity index (χ0n) is 10.5. The van der Waals surface area contributed by atoms with Gasteiger partial charge in [0, 0.05) is 6.54 Å². The summed E-state index contributed by atoms with van der Waals surface area (Å²) in [5.41, 5.74) is 5.56. The van der Waals surface area contributed by atoms with Crippen LogP contribution in [0.2, 0.25) is 0 Å². The molecule has 0 aromatic heterocycles. The van der Waals surface area contributed by atoms with Crippen LogP contribution in [0, 0.1) is 5.92 Å². The number of nitrogens with one attached hydrogen (secondary N) is 1. The minimum atomic E-state index is -0.617. The van der Waals surface area contributed by atoms with Crippen molar-refractivity contribution in [2.24, 2.45) is 11.7 Å². The molecule has 2 unspecified atom stereocenters. The highest BCUT2D eigenvalue weighted by Gasteiger charge is 2.37. The van der Waals surface area contributed by atoms with Crippen LogP contribution in [0.1, 0.15) is 46.0 Å². The highest BCUT2D eigenvalue weighted by atomic mass is 16.2. The fourth-order valence-electron chi connectivity index (χ4n) is 2.41. The van der Waals surface area contributed by atoms with Crippen LogP contribution >= 0.6 is 0 Å². The summed E-state index contributed by atoms with van der Waals surface area (Å²) in [6.07, 6.45) is 8.84. The molecular formula is C13H24N2O. The van der Waals surface area contributed by atoms with Crippen molar-refractivity contribution in [1.29, 1.82) is 0 Å². The van der Waals surface area contributed by atoms with Crippen molar-refractivity contribution < 1.29 is 4.79 Å². The lowest BCUT2D eigenvalue weighted by atomic mass is 9.76. The predicted molar refractivity (Wildman–Crippen MR) is 67.0 cm³/mol. The Morgan fingerprint density at radius 2 is 2.38 bits per heavy atom. The molecule has 3 heteroatoms. The van der Waals surface area contributed by atoms with E-state index in [4.69, 9.17) is 5.73 Å². The van der Waals surface area contributed by atoms with Crippen LogP contribution < -0.4 is 11.1 Å². The highest BCUT2D eigenvalue weighted by molar-refractivity contribution is 5.86. The summed E-state index contributed by atoms with van der Waals surface area (Å²) in [5.74, 6) is 0.601. The molecule has 0 aromatic rings. The van der Waals surface area contributed by atoms with Gasteiger partial charge in [0.15, 0.2) is 0 Å². The van der Waals surface area contributed by atoms with Crippen LogP contribution in [0.25, 0.3) is 0 Å². The van der Waals surface area contributed by atoms with Crippen LogP contribution in [0.15, 0.2) is 12.2 Å². The van der Waals surface area contributed by atoms with E-state index >= 15 is 0 Å². The van der Waals surface area contributed by atoms with E-state index in [1.807, 2.05) is 19.1 Å². The van der Waals surface area contributed by atoms with Crippen LogP contribution in [-0.4, -0.2) is 18.0 Å². The zero-order valence-corrected chi connectivity index (χ0v) is 10.5. The topological polar surface area (TPSA) is 55.1 Å². The molecule has 1 aliphatic carbocycles. The van der Waals surface area contributed by atoms with Gasteiger partial charge < -0.3 is 11.1 Å². The molecule has 2 atom stereocenters. The first-order valence-electron chi connectivity index (χ1n) is 6.27. The normalized spacial score (nSPS) is 30.6. The summed E-state index contributed by atoms with van der Waals surface area (Å²) in [6, 6.07) is 0. The molecule has 1 saturated carbocycles. The summed E-state index contributed by atoms with van der Waals surface area (Å²) in [6.45, 7) is 4.85. The quantitative estimate of drug-likeness (QED) is 0.566. The van der Waals surface area contributed by atoms with Gasteiger partial charge in [-0.2, -0.15) is 0 Å². The molecule has 0 bridgehead atoms. The van der Waals surface area contributed by atoms with Gasteiger partial charge in [-0.3, -0.25) is 4.79 Å². The van der Waals surface area contributed by atoms with Crippen molar-refractivity contribution in [3.8, 4) is 0 Å². The fourth-order valence-corrected chi connectivity index (χ4v) is 2.41. The highest BCUT2D eigenvalue weighted by Crippen LogP contribution is 2.30. The van der Waals surface area contributed by atoms with Crippen LogP contribution in [0.5, 0.6) is 0 Å². The predicted octanol–water partition coefficient (Wildman–Crippen LogP) is 1.98. The maximum absolute atomic E-state index is 12.0. The number of hydrogen-bond donors (Lipinski definition) is 2. The first-order chi connectivity index (χ1) is 7.58. The third-order valence-electron chi connectivity index (χ3n) is 3.32. The van der Waals surface area contributed by atoms with Gasteiger partial charge >= 0.3 is 0 Å². The summed E-state index contributed by atoms with van der Waals surface area (Å²) in [4.78, 5) is 12.0. The second-order valence-electron chi connectivity index (χ2n) is 4.97. The average molecular weight is 224 g/mol. The zero-order chi connectivity index (χ0) is 12.0. The number of allylic oxidation sites excluding steroid dienone is 1. The standard InChI is InChI=1S/C13H24N2O/c1-3-4-5-9-15-12(16)13(14)8-6-7-11(2)10-13/h3-4,11H,5-10,14H2,1-2H3,(H,15,16)/b4-3+. The van der Waals surface area contributed by atoms with Gasteiger partial charge in [0.1, 0.15) is 0 Å². The first-order valence-corrected chi connectivity index (χ1v) is 6.27. The Kier molecular flexibility index (Phi) is 5.00. The van der Waals surface area contributed by atoms with Gasteiger partial charge in [0.2, 0.25) is 5.91 Å². The summed E-state index contributed by atoms with van der Waals surface area (Å²) in [5, 5.41) is 2.93. The number of hydrogen-bond acceptors (Lipinski definition) is 2. The molecule has 3 nitrogen and oxygen atoms in total. The molecule has 1 rings (SSSR count). The van der Waals surface area contributed by atoms with E-state index < -0.39 is 5.54 Å². The van der Waals surface area contributed by atoms with E-state index in [0.717, 1.165) is 25.7 Å².